The molecule has 1 unspecified atom stereocenters. The zero-order chi connectivity index (χ0) is 8.10. The average Bonchev–Trinajstić information content (AvgIpc) is 2.52. The molecule has 1 aromatic heterocycles. The summed E-state index contributed by atoms with van der Waals surface area (Å²) < 4.78 is 0. The van der Waals surface area contributed by atoms with Crippen molar-refractivity contribution in [3.8, 4) is 0 Å². The minimum atomic E-state index is -0.310. The summed E-state index contributed by atoms with van der Waals surface area (Å²) in [5.74, 6) is -0.310. The van der Waals surface area contributed by atoms with Crippen molar-refractivity contribution in [3.63, 3.8) is 0 Å². The Bertz CT molecular complexity index is 206. The van der Waals surface area contributed by atoms with Gasteiger partial charge in [0.1, 0.15) is 0 Å². The van der Waals surface area contributed by atoms with Crippen molar-refractivity contribution in [1.82, 2.24) is 4.98 Å². The van der Waals surface area contributed by atoms with Gasteiger partial charge in [-0.05, 0) is 18.6 Å². The van der Waals surface area contributed by atoms with E-state index in [1.54, 1.807) is 6.20 Å². The van der Waals surface area contributed by atoms with Gasteiger partial charge >= 0.3 is 0 Å². The summed E-state index contributed by atoms with van der Waals surface area (Å²) in [5, 5.41) is 8.57. The van der Waals surface area contributed by atoms with E-state index in [1.165, 1.54) is 0 Å². The Hall–Kier alpha value is -1.09. The average molecular weight is 152 g/mol. The number of aromatic nitrogens is 1. The second-order valence-corrected chi connectivity index (χ2v) is 2.31. The maximum atomic E-state index is 10.3. The molecular weight excluding hydrogens is 142 g/mol. The molecule has 1 radical (unpaired) electrons. The predicted molar refractivity (Wildman–Crippen MR) is 40.9 cm³/mol. The Balaban J connectivity index is 2.63. The van der Waals surface area contributed by atoms with Gasteiger partial charge in [0.05, 0.1) is 5.92 Å². The molecule has 0 aliphatic rings. The van der Waals surface area contributed by atoms with Crippen molar-refractivity contribution in [3.05, 3.63) is 24.0 Å². The lowest BCUT2D eigenvalue weighted by Crippen LogP contribution is -2.02. The first-order chi connectivity index (χ1) is 5.38. The summed E-state index contributed by atoms with van der Waals surface area (Å²) in [6.45, 7) is 0.0128. The van der Waals surface area contributed by atoms with Crippen LogP contribution in [-0.4, -0.2) is 23.0 Å². The standard InChI is InChI=1S/C8H10NO2/c10-5-3-7(6-11)8-2-1-4-9-8/h1-2,4,7,9-10H,3,5H2. The highest BCUT2D eigenvalue weighted by atomic mass is 16.3. The number of hydrogen-bond donors (Lipinski definition) is 2. The molecule has 0 aliphatic heterocycles. The monoisotopic (exact) mass is 152 g/mol. The zero-order valence-corrected chi connectivity index (χ0v) is 6.08. The summed E-state index contributed by atoms with van der Waals surface area (Å²) in [6, 6.07) is 3.63. The van der Waals surface area contributed by atoms with E-state index in [-0.39, 0.29) is 12.5 Å². The van der Waals surface area contributed by atoms with Gasteiger partial charge in [-0.15, -0.1) is 0 Å². The molecule has 1 atom stereocenters. The first-order valence-corrected chi connectivity index (χ1v) is 3.50. The van der Waals surface area contributed by atoms with E-state index in [0.717, 1.165) is 5.69 Å². The molecule has 0 saturated heterocycles. The number of aromatic amines is 1. The number of H-pyrrole nitrogens is 1. The van der Waals surface area contributed by atoms with Crippen molar-refractivity contribution in [1.29, 1.82) is 0 Å². The Morgan fingerprint density at radius 1 is 1.73 bits per heavy atom. The Labute approximate surface area is 65.1 Å². The van der Waals surface area contributed by atoms with Crippen molar-refractivity contribution < 1.29 is 9.90 Å². The van der Waals surface area contributed by atoms with E-state index in [2.05, 4.69) is 4.98 Å². The lowest BCUT2D eigenvalue weighted by atomic mass is 10.0. The fourth-order valence-corrected chi connectivity index (χ4v) is 0.968. The minimum absolute atomic E-state index is 0.0128. The van der Waals surface area contributed by atoms with E-state index >= 15 is 0 Å². The maximum absolute atomic E-state index is 10.3. The Morgan fingerprint density at radius 2 is 2.55 bits per heavy atom. The number of rotatable bonds is 4. The Kier molecular flexibility index (Phi) is 2.86. The van der Waals surface area contributed by atoms with Gasteiger partial charge in [-0.2, -0.15) is 0 Å². The normalized spacial score (nSPS) is 12.8. The van der Waals surface area contributed by atoms with Crippen molar-refractivity contribution in [2.75, 3.05) is 6.61 Å². The third-order valence-electron chi connectivity index (χ3n) is 1.56. The van der Waals surface area contributed by atoms with Gasteiger partial charge in [-0.3, -0.25) is 4.79 Å². The van der Waals surface area contributed by atoms with Crippen LogP contribution >= 0.6 is 0 Å². The summed E-state index contributed by atoms with van der Waals surface area (Å²) in [5.41, 5.74) is 0.814. The number of carbonyl (C=O) groups excluding carboxylic acids is 1. The molecule has 0 spiro atoms. The number of aliphatic hydroxyl groups is 1. The van der Waals surface area contributed by atoms with E-state index in [9.17, 15) is 4.79 Å². The molecule has 0 saturated carbocycles. The highest BCUT2D eigenvalue weighted by Crippen LogP contribution is 2.13. The second kappa shape index (κ2) is 3.93. The van der Waals surface area contributed by atoms with Crippen LogP contribution in [0.5, 0.6) is 0 Å². The molecule has 1 heterocycles. The van der Waals surface area contributed by atoms with Gasteiger partial charge in [0.15, 0.2) is 0 Å². The third-order valence-corrected chi connectivity index (χ3v) is 1.56. The first kappa shape index (κ1) is 8.01. The molecule has 1 aromatic rings. The molecule has 3 heteroatoms. The highest BCUT2D eigenvalue weighted by Gasteiger charge is 2.10. The largest absolute Gasteiger partial charge is 0.396 e. The maximum Gasteiger partial charge on any atom is 0.208 e. The highest BCUT2D eigenvalue weighted by molar-refractivity contribution is 5.61. The third kappa shape index (κ3) is 1.91. The van der Waals surface area contributed by atoms with Gasteiger partial charge in [-0.1, -0.05) is 0 Å². The van der Waals surface area contributed by atoms with Gasteiger partial charge in [-0.25, -0.2) is 0 Å². The quantitative estimate of drug-likeness (QED) is 0.663. The Morgan fingerprint density at radius 3 is 3.00 bits per heavy atom. The van der Waals surface area contributed by atoms with Crippen LogP contribution in [-0.2, 0) is 4.79 Å². The topological polar surface area (TPSA) is 53.1 Å². The molecule has 0 aromatic carbocycles. The second-order valence-electron chi connectivity index (χ2n) is 2.31. The van der Waals surface area contributed by atoms with Crippen LogP contribution in [0.3, 0.4) is 0 Å². The SMILES string of the molecule is O=[C]C(CCO)c1ccc[nH]1. The number of hydrogen-bond acceptors (Lipinski definition) is 2. The zero-order valence-electron chi connectivity index (χ0n) is 6.08. The molecule has 0 bridgehead atoms. The summed E-state index contributed by atoms with van der Waals surface area (Å²) in [6.07, 6.45) is 4.05. The van der Waals surface area contributed by atoms with Gasteiger partial charge < -0.3 is 10.1 Å². The van der Waals surface area contributed by atoms with Crippen LogP contribution < -0.4 is 0 Å². The summed E-state index contributed by atoms with van der Waals surface area (Å²) >= 11 is 0. The molecule has 2 N–H and O–H groups in total. The van der Waals surface area contributed by atoms with Gasteiger partial charge in [0.25, 0.3) is 0 Å². The smallest absolute Gasteiger partial charge is 0.208 e. The molecule has 0 fully saturated rings. The molecule has 3 nitrogen and oxygen atoms in total. The molecule has 1 rings (SSSR count). The fraction of sp³-hybridized carbons (Fsp3) is 0.375. The summed E-state index contributed by atoms with van der Waals surface area (Å²) in [4.78, 5) is 13.2. The lowest BCUT2D eigenvalue weighted by molar-refractivity contribution is 0.283. The van der Waals surface area contributed by atoms with Crippen LogP contribution in [0.2, 0.25) is 0 Å². The van der Waals surface area contributed by atoms with Crippen molar-refractivity contribution in [2.45, 2.75) is 12.3 Å². The van der Waals surface area contributed by atoms with Crippen LogP contribution in [0, 0.1) is 0 Å². The van der Waals surface area contributed by atoms with Gasteiger partial charge in [0.2, 0.25) is 6.29 Å². The minimum Gasteiger partial charge on any atom is -0.396 e. The van der Waals surface area contributed by atoms with Crippen molar-refractivity contribution >= 4 is 6.29 Å². The number of nitrogens with one attached hydrogen (secondary N) is 1. The predicted octanol–water partition coefficient (Wildman–Crippen LogP) is 0.590. The first-order valence-electron chi connectivity index (χ1n) is 3.50. The van der Waals surface area contributed by atoms with Crippen LogP contribution in [0.15, 0.2) is 18.3 Å². The molecule has 0 amide bonds. The number of aliphatic hydroxyl groups excluding tert-OH is 1. The summed E-state index contributed by atoms with van der Waals surface area (Å²) in [7, 11) is 0. The molecule has 0 aliphatic carbocycles. The molecule has 11 heavy (non-hydrogen) atoms. The van der Waals surface area contributed by atoms with Gasteiger partial charge in [0, 0.05) is 18.5 Å². The fourth-order valence-electron chi connectivity index (χ4n) is 0.968. The van der Waals surface area contributed by atoms with Crippen LogP contribution in [0.25, 0.3) is 0 Å². The molecular formula is C8H10NO2. The van der Waals surface area contributed by atoms with E-state index < -0.39 is 0 Å². The van der Waals surface area contributed by atoms with Crippen molar-refractivity contribution in [2.24, 2.45) is 0 Å². The molecule has 59 valence electrons. The van der Waals surface area contributed by atoms with E-state index in [0.29, 0.717) is 6.42 Å². The van der Waals surface area contributed by atoms with E-state index in [1.807, 2.05) is 18.4 Å². The van der Waals surface area contributed by atoms with Crippen LogP contribution in [0.4, 0.5) is 0 Å². The van der Waals surface area contributed by atoms with Crippen LogP contribution in [0.1, 0.15) is 18.0 Å². The van der Waals surface area contributed by atoms with E-state index in [4.69, 9.17) is 5.11 Å². The lowest BCUT2D eigenvalue weighted by Gasteiger charge is -2.03.